The molecule has 0 aliphatic heterocycles. The highest BCUT2D eigenvalue weighted by Crippen LogP contribution is 2.14. The second-order valence-corrected chi connectivity index (χ2v) is 4.14. The first-order valence-corrected chi connectivity index (χ1v) is 5.91. The fraction of sp³-hybridized carbons (Fsp3) is 0.214. The van der Waals surface area contributed by atoms with Crippen molar-refractivity contribution in [1.29, 1.82) is 5.26 Å². The Labute approximate surface area is 111 Å². The summed E-state index contributed by atoms with van der Waals surface area (Å²) in [5, 5.41) is 15.9. The Morgan fingerprint density at radius 2 is 2.16 bits per heavy atom. The van der Waals surface area contributed by atoms with Gasteiger partial charge in [0.2, 0.25) is 5.91 Å². The maximum atomic E-state index is 12.0. The average molecular weight is 254 g/mol. The van der Waals surface area contributed by atoms with Gasteiger partial charge in [0.15, 0.2) is 0 Å². The highest BCUT2D eigenvalue weighted by molar-refractivity contribution is 5.86. The zero-order valence-corrected chi connectivity index (χ0v) is 10.6. The molecule has 0 bridgehead atoms. The Balaban J connectivity index is 2.03. The molecule has 1 heterocycles. The van der Waals surface area contributed by atoms with Crippen LogP contribution in [0.1, 0.15) is 17.2 Å². The molecule has 0 aliphatic carbocycles. The van der Waals surface area contributed by atoms with Crippen LogP contribution in [0.2, 0.25) is 0 Å². The molecular weight excluding hydrogens is 240 g/mol. The first-order chi connectivity index (χ1) is 9.22. The van der Waals surface area contributed by atoms with Gasteiger partial charge in [0, 0.05) is 13.2 Å². The van der Waals surface area contributed by atoms with Crippen LogP contribution in [-0.2, 0) is 18.4 Å². The quantitative estimate of drug-likeness (QED) is 0.895. The molecule has 0 saturated heterocycles. The smallest absolute Gasteiger partial charge is 0.242 e. The van der Waals surface area contributed by atoms with Crippen molar-refractivity contribution < 1.29 is 4.79 Å². The standard InChI is InChI=1S/C14H14N4O/c1-18-12(7-8-17-18)10-16-14(19)13(9-15)11-5-3-2-4-6-11/h2-8,13H,10H2,1H3,(H,16,19). The van der Waals surface area contributed by atoms with Gasteiger partial charge >= 0.3 is 0 Å². The second-order valence-electron chi connectivity index (χ2n) is 4.14. The SMILES string of the molecule is Cn1nccc1CNC(=O)C(C#N)c1ccccc1. The molecule has 1 aromatic heterocycles. The summed E-state index contributed by atoms with van der Waals surface area (Å²) in [5.74, 6) is -1.08. The number of nitrogens with zero attached hydrogens (tertiary/aromatic N) is 3. The lowest BCUT2D eigenvalue weighted by Gasteiger charge is -2.10. The van der Waals surface area contributed by atoms with E-state index in [2.05, 4.69) is 10.4 Å². The van der Waals surface area contributed by atoms with Gasteiger partial charge in [-0.2, -0.15) is 10.4 Å². The first kappa shape index (κ1) is 12.8. The van der Waals surface area contributed by atoms with Crippen LogP contribution < -0.4 is 5.32 Å². The van der Waals surface area contributed by atoms with Crippen molar-refractivity contribution in [3.63, 3.8) is 0 Å². The third kappa shape index (κ3) is 2.99. The second kappa shape index (κ2) is 5.83. The van der Waals surface area contributed by atoms with Crippen molar-refractivity contribution in [3.05, 3.63) is 53.9 Å². The molecule has 0 aliphatic rings. The van der Waals surface area contributed by atoms with Crippen LogP contribution >= 0.6 is 0 Å². The van der Waals surface area contributed by atoms with Gasteiger partial charge in [-0.25, -0.2) is 0 Å². The lowest BCUT2D eigenvalue weighted by atomic mass is 10.00. The van der Waals surface area contributed by atoms with Gasteiger partial charge in [0.1, 0.15) is 5.92 Å². The van der Waals surface area contributed by atoms with Crippen molar-refractivity contribution in [2.75, 3.05) is 0 Å². The highest BCUT2D eigenvalue weighted by atomic mass is 16.1. The number of hydrogen-bond donors (Lipinski definition) is 1. The Bertz CT molecular complexity index is 597. The Morgan fingerprint density at radius 3 is 2.74 bits per heavy atom. The van der Waals surface area contributed by atoms with Crippen LogP contribution in [0.15, 0.2) is 42.6 Å². The van der Waals surface area contributed by atoms with Crippen LogP contribution in [0.5, 0.6) is 0 Å². The average Bonchev–Trinajstić information content (AvgIpc) is 2.84. The number of nitriles is 1. The van der Waals surface area contributed by atoms with Gasteiger partial charge in [-0.15, -0.1) is 0 Å². The van der Waals surface area contributed by atoms with E-state index < -0.39 is 5.92 Å². The van der Waals surface area contributed by atoms with Gasteiger partial charge in [-0.1, -0.05) is 30.3 Å². The topological polar surface area (TPSA) is 70.7 Å². The third-order valence-electron chi connectivity index (χ3n) is 2.89. The molecule has 1 amide bonds. The summed E-state index contributed by atoms with van der Waals surface area (Å²) < 4.78 is 1.68. The zero-order valence-electron chi connectivity index (χ0n) is 10.6. The molecule has 1 atom stereocenters. The highest BCUT2D eigenvalue weighted by Gasteiger charge is 2.19. The van der Waals surface area contributed by atoms with Gasteiger partial charge in [-0.05, 0) is 11.6 Å². The summed E-state index contributed by atoms with van der Waals surface area (Å²) in [6.07, 6.45) is 1.67. The molecule has 0 fully saturated rings. The Morgan fingerprint density at radius 1 is 1.42 bits per heavy atom. The lowest BCUT2D eigenvalue weighted by molar-refractivity contribution is -0.121. The van der Waals surface area contributed by atoms with Crippen molar-refractivity contribution in [2.24, 2.45) is 7.05 Å². The predicted octanol–water partition coefficient (Wildman–Crippen LogP) is 1.34. The summed E-state index contributed by atoms with van der Waals surface area (Å²) in [7, 11) is 1.81. The number of amides is 1. The normalized spacial score (nSPS) is 11.6. The van der Waals surface area contributed by atoms with E-state index in [1.807, 2.05) is 30.3 Å². The van der Waals surface area contributed by atoms with Crippen LogP contribution in [0.3, 0.4) is 0 Å². The fourth-order valence-corrected chi connectivity index (χ4v) is 1.78. The summed E-state index contributed by atoms with van der Waals surface area (Å²) in [5.41, 5.74) is 1.59. The number of carbonyl (C=O) groups is 1. The predicted molar refractivity (Wildman–Crippen MR) is 69.9 cm³/mol. The van der Waals surface area contributed by atoms with Crippen molar-refractivity contribution >= 4 is 5.91 Å². The lowest BCUT2D eigenvalue weighted by Crippen LogP contribution is -2.29. The largest absolute Gasteiger partial charge is 0.349 e. The van der Waals surface area contributed by atoms with Gasteiger partial charge in [-0.3, -0.25) is 9.48 Å². The number of aromatic nitrogens is 2. The van der Waals surface area contributed by atoms with Crippen LogP contribution in [0.4, 0.5) is 0 Å². The van der Waals surface area contributed by atoms with E-state index in [1.165, 1.54) is 0 Å². The minimum absolute atomic E-state index is 0.296. The van der Waals surface area contributed by atoms with Gasteiger partial charge in [0.05, 0.1) is 18.3 Å². The first-order valence-electron chi connectivity index (χ1n) is 5.91. The summed E-state index contributed by atoms with van der Waals surface area (Å²) in [6, 6.07) is 12.9. The van der Waals surface area contributed by atoms with E-state index >= 15 is 0 Å². The van der Waals surface area contributed by atoms with E-state index in [9.17, 15) is 4.79 Å². The van der Waals surface area contributed by atoms with Crippen molar-refractivity contribution in [1.82, 2.24) is 15.1 Å². The van der Waals surface area contributed by atoms with E-state index in [4.69, 9.17) is 5.26 Å². The van der Waals surface area contributed by atoms with E-state index in [0.717, 1.165) is 5.69 Å². The van der Waals surface area contributed by atoms with Crippen molar-refractivity contribution in [2.45, 2.75) is 12.5 Å². The Hall–Kier alpha value is -2.61. The molecule has 1 aromatic carbocycles. The number of benzene rings is 1. The number of nitrogens with one attached hydrogen (secondary N) is 1. The molecule has 1 N–H and O–H groups in total. The summed E-state index contributed by atoms with van der Waals surface area (Å²) in [4.78, 5) is 12.0. The number of aryl methyl sites for hydroxylation is 1. The van der Waals surface area contributed by atoms with Gasteiger partial charge < -0.3 is 5.32 Å². The molecule has 1 unspecified atom stereocenters. The molecule has 5 heteroatoms. The van der Waals surface area contributed by atoms with E-state index in [1.54, 1.807) is 30.1 Å². The molecular formula is C14H14N4O. The monoisotopic (exact) mass is 254 g/mol. The minimum atomic E-state index is -0.783. The van der Waals surface area contributed by atoms with Crippen LogP contribution in [0, 0.1) is 11.3 Å². The zero-order chi connectivity index (χ0) is 13.7. The molecule has 19 heavy (non-hydrogen) atoms. The van der Waals surface area contributed by atoms with Crippen LogP contribution in [-0.4, -0.2) is 15.7 Å². The summed E-state index contributed by atoms with van der Waals surface area (Å²) >= 11 is 0. The third-order valence-corrected chi connectivity index (χ3v) is 2.89. The van der Waals surface area contributed by atoms with Crippen molar-refractivity contribution in [3.8, 4) is 6.07 Å². The molecule has 0 saturated carbocycles. The van der Waals surface area contributed by atoms with Crippen LogP contribution in [0.25, 0.3) is 0 Å². The van der Waals surface area contributed by atoms with Gasteiger partial charge in [0.25, 0.3) is 0 Å². The molecule has 2 rings (SSSR count). The molecule has 0 radical (unpaired) electrons. The van der Waals surface area contributed by atoms with E-state index in [0.29, 0.717) is 12.1 Å². The number of hydrogen-bond acceptors (Lipinski definition) is 3. The number of carbonyl (C=O) groups excluding carboxylic acids is 1. The molecule has 96 valence electrons. The van der Waals surface area contributed by atoms with E-state index in [-0.39, 0.29) is 5.91 Å². The maximum absolute atomic E-state index is 12.0. The molecule has 5 nitrogen and oxygen atoms in total. The Kier molecular flexibility index (Phi) is 3.94. The molecule has 0 spiro atoms. The molecule has 2 aromatic rings. The minimum Gasteiger partial charge on any atom is -0.349 e. The fourth-order valence-electron chi connectivity index (χ4n) is 1.78. The summed E-state index contributed by atoms with van der Waals surface area (Å²) in [6.45, 7) is 0.361. The number of rotatable bonds is 4. The maximum Gasteiger partial charge on any atom is 0.242 e.